The number of hydrogen-bond acceptors (Lipinski definition) is 3. The second-order valence-electron chi connectivity index (χ2n) is 4.03. The molecular weight excluding hydrogens is 289 g/mol. The van der Waals surface area contributed by atoms with Gasteiger partial charge < -0.3 is 10.5 Å². The van der Waals surface area contributed by atoms with Crippen LogP contribution in [0.1, 0.15) is 5.69 Å². The second kappa shape index (κ2) is 5.28. The van der Waals surface area contributed by atoms with E-state index in [0.29, 0.717) is 21.4 Å². The molecule has 102 valence electrons. The van der Waals surface area contributed by atoms with Crippen molar-refractivity contribution in [1.82, 2.24) is 9.36 Å². The van der Waals surface area contributed by atoms with Gasteiger partial charge in [0.25, 0.3) is 5.56 Å². The quantitative estimate of drug-likeness (QED) is 0.945. The lowest BCUT2D eigenvalue weighted by molar-refractivity contribution is 0.177. The van der Waals surface area contributed by atoms with Crippen molar-refractivity contribution in [2.75, 3.05) is 12.8 Å². The van der Waals surface area contributed by atoms with Crippen LogP contribution in [-0.4, -0.2) is 16.5 Å². The van der Waals surface area contributed by atoms with E-state index in [1.54, 1.807) is 37.0 Å². The number of methoxy groups -OCH3 is 1. The highest BCUT2D eigenvalue weighted by Crippen LogP contribution is 2.24. The fourth-order valence-electron chi connectivity index (χ4n) is 1.88. The maximum Gasteiger partial charge on any atom is 0.294 e. The molecule has 1 aromatic carbocycles. The Morgan fingerprint density at radius 1 is 1.32 bits per heavy atom. The Hall–Kier alpha value is -1.43. The summed E-state index contributed by atoms with van der Waals surface area (Å²) in [6, 6.07) is 4.94. The van der Waals surface area contributed by atoms with E-state index < -0.39 is 0 Å². The molecule has 19 heavy (non-hydrogen) atoms. The molecule has 0 saturated carbocycles. The van der Waals surface area contributed by atoms with Gasteiger partial charge in [0.2, 0.25) is 0 Å². The first-order valence-corrected chi connectivity index (χ1v) is 6.23. The standard InChI is InChI=1S/C12H13Cl2N3O2/c1-16-10(6-19-2)11(15)12(18)17(16)7-3-4-8(13)9(14)5-7/h3-5H,6,15H2,1-2H3. The smallest absolute Gasteiger partial charge is 0.294 e. The molecule has 2 N–H and O–H groups in total. The number of anilines is 1. The number of nitrogen functional groups attached to an aromatic ring is 1. The van der Waals surface area contributed by atoms with Crippen LogP contribution in [0.15, 0.2) is 23.0 Å². The first kappa shape index (κ1) is 14.0. The van der Waals surface area contributed by atoms with Gasteiger partial charge in [0.1, 0.15) is 5.69 Å². The molecule has 2 aromatic rings. The average Bonchev–Trinajstić information content (AvgIpc) is 2.58. The molecule has 0 fully saturated rings. The molecule has 0 aliphatic heterocycles. The van der Waals surface area contributed by atoms with E-state index in [1.165, 1.54) is 4.68 Å². The fourth-order valence-corrected chi connectivity index (χ4v) is 2.18. The Morgan fingerprint density at radius 3 is 2.58 bits per heavy atom. The van der Waals surface area contributed by atoms with Gasteiger partial charge in [-0.2, -0.15) is 0 Å². The van der Waals surface area contributed by atoms with E-state index >= 15 is 0 Å². The fraction of sp³-hybridized carbons (Fsp3) is 0.250. The summed E-state index contributed by atoms with van der Waals surface area (Å²) in [7, 11) is 3.27. The molecule has 2 rings (SSSR count). The van der Waals surface area contributed by atoms with Crippen molar-refractivity contribution in [2.24, 2.45) is 7.05 Å². The van der Waals surface area contributed by atoms with E-state index in [-0.39, 0.29) is 17.9 Å². The number of benzene rings is 1. The highest BCUT2D eigenvalue weighted by Gasteiger charge is 2.16. The lowest BCUT2D eigenvalue weighted by Gasteiger charge is -2.10. The summed E-state index contributed by atoms with van der Waals surface area (Å²) in [4.78, 5) is 12.2. The van der Waals surface area contributed by atoms with Gasteiger partial charge in [0.05, 0.1) is 28.0 Å². The van der Waals surface area contributed by atoms with Crippen molar-refractivity contribution < 1.29 is 4.74 Å². The summed E-state index contributed by atoms with van der Waals surface area (Å²) in [6.45, 7) is 0.256. The Bertz CT molecular complexity index is 676. The molecule has 0 saturated heterocycles. The van der Waals surface area contributed by atoms with Crippen LogP contribution in [0.4, 0.5) is 5.69 Å². The van der Waals surface area contributed by atoms with Crippen LogP contribution in [0.2, 0.25) is 10.0 Å². The van der Waals surface area contributed by atoms with Crippen molar-refractivity contribution in [3.63, 3.8) is 0 Å². The predicted molar refractivity (Wildman–Crippen MR) is 76.2 cm³/mol. The van der Waals surface area contributed by atoms with Crippen LogP contribution in [0.5, 0.6) is 0 Å². The zero-order chi connectivity index (χ0) is 14.2. The molecule has 0 atom stereocenters. The van der Waals surface area contributed by atoms with Gasteiger partial charge in [-0.25, -0.2) is 4.68 Å². The van der Waals surface area contributed by atoms with Crippen LogP contribution >= 0.6 is 23.2 Å². The third kappa shape index (κ3) is 2.36. The minimum absolute atomic E-state index is 0.162. The van der Waals surface area contributed by atoms with E-state index in [4.69, 9.17) is 33.7 Å². The SMILES string of the molecule is COCc1c(N)c(=O)n(-c2ccc(Cl)c(Cl)c2)n1C. The van der Waals surface area contributed by atoms with Gasteiger partial charge >= 0.3 is 0 Å². The van der Waals surface area contributed by atoms with Gasteiger partial charge in [-0.3, -0.25) is 9.48 Å². The summed E-state index contributed by atoms with van der Waals surface area (Å²) in [6.07, 6.45) is 0. The first-order chi connectivity index (χ1) is 8.97. The van der Waals surface area contributed by atoms with Crippen molar-refractivity contribution in [3.05, 3.63) is 44.3 Å². The lowest BCUT2D eigenvalue weighted by atomic mass is 10.3. The van der Waals surface area contributed by atoms with Crippen LogP contribution in [-0.2, 0) is 18.4 Å². The lowest BCUT2D eigenvalue weighted by Crippen LogP contribution is -2.20. The Balaban J connectivity index is 2.65. The van der Waals surface area contributed by atoms with Gasteiger partial charge in [0.15, 0.2) is 0 Å². The maximum absolute atomic E-state index is 12.2. The minimum Gasteiger partial charge on any atom is -0.393 e. The molecule has 0 amide bonds. The van der Waals surface area contributed by atoms with Crippen molar-refractivity contribution in [1.29, 1.82) is 0 Å². The topological polar surface area (TPSA) is 62.2 Å². The zero-order valence-electron chi connectivity index (χ0n) is 10.5. The molecular formula is C12H13Cl2N3O2. The van der Waals surface area contributed by atoms with E-state index in [9.17, 15) is 4.79 Å². The number of halogens is 2. The largest absolute Gasteiger partial charge is 0.393 e. The first-order valence-electron chi connectivity index (χ1n) is 5.48. The number of aromatic nitrogens is 2. The molecule has 1 heterocycles. The Kier molecular flexibility index (Phi) is 3.89. The normalized spacial score (nSPS) is 10.9. The monoisotopic (exact) mass is 301 g/mol. The molecule has 5 nitrogen and oxygen atoms in total. The number of rotatable bonds is 3. The molecule has 1 aromatic heterocycles. The van der Waals surface area contributed by atoms with Gasteiger partial charge in [-0.05, 0) is 18.2 Å². The van der Waals surface area contributed by atoms with Crippen LogP contribution in [0, 0.1) is 0 Å². The van der Waals surface area contributed by atoms with Crippen molar-refractivity contribution >= 4 is 28.9 Å². The average molecular weight is 302 g/mol. The maximum atomic E-state index is 12.2. The molecule has 0 radical (unpaired) electrons. The number of hydrogen-bond donors (Lipinski definition) is 1. The summed E-state index contributed by atoms with van der Waals surface area (Å²) in [5, 5.41) is 0.803. The van der Waals surface area contributed by atoms with E-state index in [2.05, 4.69) is 0 Å². The highest BCUT2D eigenvalue weighted by molar-refractivity contribution is 6.42. The summed E-state index contributed by atoms with van der Waals surface area (Å²) < 4.78 is 8.10. The summed E-state index contributed by atoms with van der Waals surface area (Å²) in [5.74, 6) is 0. The zero-order valence-corrected chi connectivity index (χ0v) is 12.0. The highest BCUT2D eigenvalue weighted by atomic mass is 35.5. The Morgan fingerprint density at radius 2 is 2.00 bits per heavy atom. The van der Waals surface area contributed by atoms with Gasteiger partial charge in [0, 0.05) is 14.2 Å². The van der Waals surface area contributed by atoms with E-state index in [1.807, 2.05) is 0 Å². The second-order valence-corrected chi connectivity index (χ2v) is 4.85. The predicted octanol–water partition coefficient (Wildman–Crippen LogP) is 2.21. The summed E-state index contributed by atoms with van der Waals surface area (Å²) in [5.41, 5.74) is 6.86. The molecule has 0 unspecified atom stereocenters. The number of nitrogens with zero attached hydrogens (tertiary/aromatic N) is 2. The Labute approximate surface area is 120 Å². The number of ether oxygens (including phenoxy) is 1. The van der Waals surface area contributed by atoms with Crippen LogP contribution < -0.4 is 11.3 Å². The van der Waals surface area contributed by atoms with E-state index in [0.717, 1.165) is 0 Å². The molecule has 0 bridgehead atoms. The molecule has 0 spiro atoms. The molecule has 0 aliphatic rings. The molecule has 7 heteroatoms. The molecule has 0 aliphatic carbocycles. The van der Waals surface area contributed by atoms with Crippen molar-refractivity contribution in [3.8, 4) is 5.69 Å². The van der Waals surface area contributed by atoms with Crippen LogP contribution in [0.3, 0.4) is 0 Å². The van der Waals surface area contributed by atoms with Crippen LogP contribution in [0.25, 0.3) is 5.69 Å². The third-order valence-electron chi connectivity index (χ3n) is 2.85. The van der Waals surface area contributed by atoms with Crippen molar-refractivity contribution in [2.45, 2.75) is 6.61 Å². The van der Waals surface area contributed by atoms with Gasteiger partial charge in [-0.1, -0.05) is 23.2 Å². The minimum atomic E-state index is -0.312. The number of nitrogens with two attached hydrogens (primary N) is 1. The summed E-state index contributed by atoms with van der Waals surface area (Å²) >= 11 is 11.8. The van der Waals surface area contributed by atoms with Gasteiger partial charge in [-0.15, -0.1) is 0 Å². The third-order valence-corrected chi connectivity index (χ3v) is 3.59.